The van der Waals surface area contributed by atoms with Crippen LogP contribution in [0.1, 0.15) is 40.2 Å². The Hall–Kier alpha value is -2.28. The molecule has 0 radical (unpaired) electrons. The summed E-state index contributed by atoms with van der Waals surface area (Å²) in [6.07, 6.45) is -1.11. The predicted molar refractivity (Wildman–Crippen MR) is 96.6 cm³/mol. The third-order valence-electron chi connectivity index (χ3n) is 4.44. The zero-order chi connectivity index (χ0) is 20.0. The van der Waals surface area contributed by atoms with Crippen LogP contribution in [0.3, 0.4) is 0 Å². The van der Waals surface area contributed by atoms with Gasteiger partial charge in [0.15, 0.2) is 11.5 Å². The fourth-order valence-electron chi connectivity index (χ4n) is 2.06. The Labute approximate surface area is 154 Å². The minimum atomic E-state index is -0.945. The first-order chi connectivity index (χ1) is 12.0. The van der Waals surface area contributed by atoms with Gasteiger partial charge in [-0.2, -0.15) is 0 Å². The van der Waals surface area contributed by atoms with Crippen LogP contribution in [-0.2, 0) is 25.5 Å². The van der Waals surface area contributed by atoms with Gasteiger partial charge in [-0.3, -0.25) is 9.59 Å². The number of rotatable bonds is 8. The monoisotopic (exact) mass is 367 g/mol. The first-order valence-electron chi connectivity index (χ1n) is 8.70. The van der Waals surface area contributed by atoms with E-state index in [1.165, 1.54) is 12.1 Å². The van der Waals surface area contributed by atoms with E-state index in [0.717, 1.165) is 0 Å². The first kappa shape index (κ1) is 21.8. The van der Waals surface area contributed by atoms with Crippen LogP contribution in [0.2, 0.25) is 0 Å². The second-order valence-corrected chi connectivity index (χ2v) is 6.95. The van der Waals surface area contributed by atoms with Crippen molar-refractivity contribution in [3.05, 3.63) is 23.8 Å². The number of ether oxygens (including phenoxy) is 2. The molecule has 146 valence electrons. The van der Waals surface area contributed by atoms with E-state index >= 15 is 0 Å². The maximum absolute atomic E-state index is 12.1. The van der Waals surface area contributed by atoms with Crippen molar-refractivity contribution < 1.29 is 29.3 Å². The molecular formula is C19H29NO6. The quantitative estimate of drug-likeness (QED) is 0.475. The molecular weight excluding hydrogens is 338 g/mol. The highest BCUT2D eigenvalue weighted by Gasteiger charge is 2.26. The highest BCUT2D eigenvalue weighted by Crippen LogP contribution is 2.25. The SMILES string of the molecule is CC(C)C(C)C(=O)O[C@H](C)[C@@H](C)OC(=O)[C@@H](N)Cc1ccc(O)c(O)c1. The zero-order valence-electron chi connectivity index (χ0n) is 15.9. The minimum Gasteiger partial charge on any atom is -0.504 e. The Balaban J connectivity index is 2.56. The smallest absolute Gasteiger partial charge is 0.323 e. The lowest BCUT2D eigenvalue weighted by Crippen LogP contribution is -2.40. The molecule has 0 saturated carbocycles. The molecule has 0 bridgehead atoms. The molecule has 0 saturated heterocycles. The van der Waals surface area contributed by atoms with E-state index in [2.05, 4.69) is 0 Å². The van der Waals surface area contributed by atoms with Gasteiger partial charge >= 0.3 is 11.9 Å². The van der Waals surface area contributed by atoms with Gasteiger partial charge in [0.1, 0.15) is 18.2 Å². The van der Waals surface area contributed by atoms with E-state index in [9.17, 15) is 19.8 Å². The second kappa shape index (κ2) is 9.43. The average Bonchev–Trinajstić information content (AvgIpc) is 2.56. The molecule has 1 aromatic carbocycles. The van der Waals surface area contributed by atoms with Crippen molar-refractivity contribution in [2.45, 2.75) is 59.3 Å². The van der Waals surface area contributed by atoms with E-state index in [-0.39, 0.29) is 35.7 Å². The number of esters is 2. The summed E-state index contributed by atoms with van der Waals surface area (Å²) in [6, 6.07) is 3.27. The Morgan fingerprint density at radius 1 is 0.962 bits per heavy atom. The fourth-order valence-corrected chi connectivity index (χ4v) is 2.06. The predicted octanol–water partition coefficient (Wildman–Crippen LogP) is 2.12. The molecule has 0 fully saturated rings. The van der Waals surface area contributed by atoms with Crippen LogP contribution in [0.4, 0.5) is 0 Å². The number of aromatic hydroxyl groups is 2. The summed E-state index contributed by atoms with van der Waals surface area (Å²) in [5.74, 6) is -1.59. The van der Waals surface area contributed by atoms with Gasteiger partial charge in [-0.1, -0.05) is 26.8 Å². The lowest BCUT2D eigenvalue weighted by atomic mass is 9.98. The third kappa shape index (κ3) is 6.22. The van der Waals surface area contributed by atoms with Gasteiger partial charge in [-0.25, -0.2) is 0 Å². The summed E-state index contributed by atoms with van der Waals surface area (Å²) in [5, 5.41) is 18.8. The van der Waals surface area contributed by atoms with Gasteiger partial charge in [-0.05, 0) is 43.9 Å². The molecule has 7 heteroatoms. The molecule has 0 aliphatic rings. The summed E-state index contributed by atoms with van der Waals surface area (Å²) in [6.45, 7) is 8.95. The van der Waals surface area contributed by atoms with E-state index in [4.69, 9.17) is 15.2 Å². The lowest BCUT2D eigenvalue weighted by molar-refractivity contribution is -0.169. The van der Waals surface area contributed by atoms with Crippen LogP contribution in [0, 0.1) is 11.8 Å². The Morgan fingerprint density at radius 3 is 2.00 bits per heavy atom. The first-order valence-corrected chi connectivity index (χ1v) is 8.70. The summed E-state index contributed by atoms with van der Waals surface area (Å²) < 4.78 is 10.6. The number of benzene rings is 1. The standard InChI is InChI=1S/C19H29NO6/c1-10(2)11(3)18(23)25-12(4)13(5)26-19(24)15(20)8-14-6-7-16(21)17(22)9-14/h6-7,9-13,15,21-22H,8,20H2,1-5H3/t11?,12-,13-,15+/m1/s1. The molecule has 4 atom stereocenters. The maximum atomic E-state index is 12.1. The molecule has 0 aliphatic heterocycles. The van der Waals surface area contributed by atoms with Crippen molar-refractivity contribution in [2.24, 2.45) is 17.6 Å². The molecule has 1 aromatic rings. The highest BCUT2D eigenvalue weighted by molar-refractivity contribution is 5.76. The summed E-state index contributed by atoms with van der Waals surface area (Å²) >= 11 is 0. The number of carbonyl (C=O) groups excluding carboxylic acids is 2. The average molecular weight is 367 g/mol. The van der Waals surface area contributed by atoms with Crippen molar-refractivity contribution in [3.63, 3.8) is 0 Å². The van der Waals surface area contributed by atoms with Gasteiger partial charge in [0.25, 0.3) is 0 Å². The maximum Gasteiger partial charge on any atom is 0.323 e. The Bertz CT molecular complexity index is 630. The number of carbonyl (C=O) groups is 2. The highest BCUT2D eigenvalue weighted by atomic mass is 16.6. The van der Waals surface area contributed by atoms with Gasteiger partial charge in [0.05, 0.1) is 5.92 Å². The number of phenolic OH excluding ortho intramolecular Hbond substituents is 2. The van der Waals surface area contributed by atoms with E-state index in [1.807, 2.05) is 13.8 Å². The fraction of sp³-hybridized carbons (Fsp3) is 0.579. The Morgan fingerprint density at radius 2 is 1.50 bits per heavy atom. The number of hydrogen-bond donors (Lipinski definition) is 3. The van der Waals surface area contributed by atoms with Crippen LogP contribution in [-0.4, -0.2) is 40.4 Å². The van der Waals surface area contributed by atoms with Crippen LogP contribution < -0.4 is 5.73 Å². The molecule has 0 aliphatic carbocycles. The van der Waals surface area contributed by atoms with E-state index in [0.29, 0.717) is 5.56 Å². The topological polar surface area (TPSA) is 119 Å². The van der Waals surface area contributed by atoms with Gasteiger partial charge < -0.3 is 25.4 Å². The number of hydrogen-bond acceptors (Lipinski definition) is 7. The van der Waals surface area contributed by atoms with Crippen LogP contribution in [0.5, 0.6) is 11.5 Å². The zero-order valence-corrected chi connectivity index (χ0v) is 15.9. The van der Waals surface area contributed by atoms with E-state index < -0.39 is 24.2 Å². The second-order valence-electron chi connectivity index (χ2n) is 6.95. The molecule has 1 rings (SSSR count). The van der Waals surface area contributed by atoms with Crippen LogP contribution >= 0.6 is 0 Å². The van der Waals surface area contributed by atoms with Gasteiger partial charge in [0.2, 0.25) is 0 Å². The van der Waals surface area contributed by atoms with Gasteiger partial charge in [-0.15, -0.1) is 0 Å². The number of nitrogens with two attached hydrogens (primary N) is 1. The summed E-state index contributed by atoms with van der Waals surface area (Å²) in [7, 11) is 0. The van der Waals surface area contributed by atoms with Crippen molar-refractivity contribution >= 4 is 11.9 Å². The molecule has 4 N–H and O–H groups in total. The summed E-state index contributed by atoms with van der Waals surface area (Å²) in [5.41, 5.74) is 6.43. The molecule has 0 aromatic heterocycles. The van der Waals surface area contributed by atoms with Crippen molar-refractivity contribution in [3.8, 4) is 11.5 Å². The molecule has 0 heterocycles. The lowest BCUT2D eigenvalue weighted by Gasteiger charge is -2.24. The van der Waals surface area contributed by atoms with Crippen molar-refractivity contribution in [1.82, 2.24) is 0 Å². The molecule has 0 spiro atoms. The van der Waals surface area contributed by atoms with Crippen molar-refractivity contribution in [2.75, 3.05) is 0 Å². The van der Waals surface area contributed by atoms with E-state index in [1.54, 1.807) is 26.8 Å². The molecule has 7 nitrogen and oxygen atoms in total. The van der Waals surface area contributed by atoms with Crippen molar-refractivity contribution in [1.29, 1.82) is 0 Å². The third-order valence-corrected chi connectivity index (χ3v) is 4.44. The van der Waals surface area contributed by atoms with Gasteiger partial charge in [0, 0.05) is 0 Å². The van der Waals surface area contributed by atoms with Crippen LogP contribution in [0.25, 0.3) is 0 Å². The molecule has 0 amide bonds. The molecule has 1 unspecified atom stereocenters. The Kier molecular flexibility index (Phi) is 7.89. The molecule has 26 heavy (non-hydrogen) atoms. The van der Waals surface area contributed by atoms with Crippen LogP contribution in [0.15, 0.2) is 18.2 Å². The number of phenols is 2. The summed E-state index contributed by atoms with van der Waals surface area (Å²) in [4.78, 5) is 24.1. The minimum absolute atomic E-state index is 0.137. The largest absolute Gasteiger partial charge is 0.504 e. The normalized spacial score (nSPS) is 15.8.